The molecule has 0 aromatic heterocycles. The van der Waals surface area contributed by atoms with Gasteiger partial charge in [0, 0.05) is 23.5 Å². The van der Waals surface area contributed by atoms with Gasteiger partial charge >= 0.3 is 0 Å². The molecule has 1 heterocycles. The number of allylic oxidation sites excluding steroid dienone is 1. The molecule has 0 bridgehead atoms. The highest BCUT2D eigenvalue weighted by Crippen LogP contribution is 2.42. The number of para-hydroxylation sites is 1. The Morgan fingerprint density at radius 3 is 2.27 bits per heavy atom. The van der Waals surface area contributed by atoms with Crippen molar-refractivity contribution in [2.45, 2.75) is 11.8 Å². The van der Waals surface area contributed by atoms with E-state index in [0.29, 0.717) is 35.2 Å². The number of sulfone groups is 1. The number of methoxy groups -OCH3 is 2. The van der Waals surface area contributed by atoms with Gasteiger partial charge in [0.05, 0.1) is 31.4 Å². The first kappa shape index (κ1) is 22.4. The number of hydrogen-bond donors (Lipinski definition) is 0. The van der Waals surface area contributed by atoms with Crippen LogP contribution in [0.3, 0.4) is 0 Å². The number of ether oxygens (including phenoxy) is 3. The molecule has 0 fully saturated rings. The zero-order valence-corrected chi connectivity index (χ0v) is 19.3. The molecule has 1 aliphatic rings. The van der Waals surface area contributed by atoms with Crippen LogP contribution in [0.25, 0.3) is 0 Å². The van der Waals surface area contributed by atoms with Crippen LogP contribution in [0.5, 0.6) is 17.2 Å². The van der Waals surface area contributed by atoms with Gasteiger partial charge in [-0.15, -0.1) is 0 Å². The summed E-state index contributed by atoms with van der Waals surface area (Å²) in [7, 11) is -0.981. The number of benzene rings is 3. The normalized spacial score (nSPS) is 14.2. The molecule has 1 aliphatic heterocycles. The summed E-state index contributed by atoms with van der Waals surface area (Å²) in [4.78, 5) is 14.7. The van der Waals surface area contributed by atoms with Gasteiger partial charge in [-0.3, -0.25) is 4.79 Å². The lowest BCUT2D eigenvalue weighted by Crippen LogP contribution is -2.25. The van der Waals surface area contributed by atoms with E-state index in [1.807, 2.05) is 6.92 Å². The number of nitrogens with zero attached hydrogens (tertiary/aromatic N) is 1. The SMILES string of the molecule is CCOc1ccc(C(=O)C2=CN(c3ccc(OC)c(OC)c3)c3ccccc3S2(=O)=O)cc1. The number of carbonyl (C=O) groups excluding carboxylic acids is 1. The summed E-state index contributed by atoms with van der Waals surface area (Å²) in [5.74, 6) is 1.02. The lowest BCUT2D eigenvalue weighted by Gasteiger charge is -2.29. The van der Waals surface area contributed by atoms with Crippen molar-refractivity contribution < 1.29 is 27.4 Å². The van der Waals surface area contributed by atoms with Crippen LogP contribution in [-0.2, 0) is 9.84 Å². The molecule has 170 valence electrons. The largest absolute Gasteiger partial charge is 0.494 e. The highest BCUT2D eigenvalue weighted by Gasteiger charge is 2.36. The quantitative estimate of drug-likeness (QED) is 0.466. The van der Waals surface area contributed by atoms with Crippen LogP contribution < -0.4 is 19.1 Å². The van der Waals surface area contributed by atoms with E-state index in [0.717, 1.165) is 0 Å². The van der Waals surface area contributed by atoms with Crippen molar-refractivity contribution >= 4 is 27.0 Å². The maximum absolute atomic E-state index is 13.4. The van der Waals surface area contributed by atoms with E-state index in [9.17, 15) is 13.2 Å². The molecule has 0 amide bonds. The second kappa shape index (κ2) is 8.99. The van der Waals surface area contributed by atoms with Crippen LogP contribution in [-0.4, -0.2) is 35.0 Å². The molecule has 33 heavy (non-hydrogen) atoms. The number of ketones is 1. The van der Waals surface area contributed by atoms with Crippen LogP contribution in [0.1, 0.15) is 17.3 Å². The molecule has 3 aromatic rings. The Balaban J connectivity index is 1.85. The summed E-state index contributed by atoms with van der Waals surface area (Å²) in [6.07, 6.45) is 1.36. The molecule has 0 spiro atoms. The second-order valence-electron chi connectivity index (χ2n) is 7.16. The average molecular weight is 466 g/mol. The van der Waals surface area contributed by atoms with E-state index >= 15 is 0 Å². The summed E-state index contributed by atoms with van der Waals surface area (Å²) < 4.78 is 42.9. The minimum absolute atomic E-state index is 0.0524. The molecular weight excluding hydrogens is 442 g/mol. The van der Waals surface area contributed by atoms with E-state index in [-0.39, 0.29) is 15.4 Å². The van der Waals surface area contributed by atoms with E-state index in [1.165, 1.54) is 26.5 Å². The second-order valence-corrected chi connectivity index (χ2v) is 9.05. The van der Waals surface area contributed by atoms with E-state index in [2.05, 4.69) is 0 Å². The Hall–Kier alpha value is -3.78. The maximum Gasteiger partial charge on any atom is 0.214 e. The van der Waals surface area contributed by atoms with Crippen LogP contribution in [0.2, 0.25) is 0 Å². The number of anilines is 2. The third-order valence-electron chi connectivity index (χ3n) is 5.25. The fourth-order valence-corrected chi connectivity index (χ4v) is 5.18. The fourth-order valence-electron chi connectivity index (χ4n) is 3.64. The van der Waals surface area contributed by atoms with Gasteiger partial charge in [-0.05, 0) is 55.5 Å². The average Bonchev–Trinajstić information content (AvgIpc) is 2.84. The minimum Gasteiger partial charge on any atom is -0.494 e. The van der Waals surface area contributed by atoms with Crippen molar-refractivity contribution in [1.82, 2.24) is 0 Å². The molecule has 0 radical (unpaired) electrons. The van der Waals surface area contributed by atoms with Crippen LogP contribution in [0.15, 0.2) is 82.7 Å². The van der Waals surface area contributed by atoms with Crippen LogP contribution in [0.4, 0.5) is 11.4 Å². The molecule has 8 heteroatoms. The first-order valence-corrected chi connectivity index (χ1v) is 11.7. The topological polar surface area (TPSA) is 82.1 Å². The lowest BCUT2D eigenvalue weighted by atomic mass is 10.1. The van der Waals surface area contributed by atoms with Crippen molar-refractivity contribution in [3.8, 4) is 17.2 Å². The van der Waals surface area contributed by atoms with Gasteiger partial charge in [0.25, 0.3) is 0 Å². The van der Waals surface area contributed by atoms with Crippen molar-refractivity contribution in [2.75, 3.05) is 25.7 Å². The molecule has 3 aromatic carbocycles. The fraction of sp³-hybridized carbons (Fsp3) is 0.160. The van der Waals surface area contributed by atoms with Gasteiger partial charge < -0.3 is 19.1 Å². The molecule has 4 rings (SSSR count). The number of Topliss-reactive ketones (excluding diaryl/α,β-unsaturated/α-hetero) is 1. The van der Waals surface area contributed by atoms with Gasteiger partial charge in [0.1, 0.15) is 10.7 Å². The van der Waals surface area contributed by atoms with E-state index in [4.69, 9.17) is 14.2 Å². The molecule has 0 atom stereocenters. The highest BCUT2D eigenvalue weighted by atomic mass is 32.2. The van der Waals surface area contributed by atoms with Gasteiger partial charge in [0.2, 0.25) is 15.6 Å². The number of fused-ring (bicyclic) bond motifs is 1. The van der Waals surface area contributed by atoms with Crippen molar-refractivity contribution in [3.63, 3.8) is 0 Å². The number of carbonyl (C=O) groups is 1. The summed E-state index contributed by atoms with van der Waals surface area (Å²) in [6.45, 7) is 2.35. The summed E-state index contributed by atoms with van der Waals surface area (Å²) in [5, 5.41) is 0. The van der Waals surface area contributed by atoms with E-state index in [1.54, 1.807) is 65.6 Å². The van der Waals surface area contributed by atoms with Crippen molar-refractivity contribution in [3.05, 3.63) is 83.4 Å². The molecule has 0 saturated carbocycles. The predicted octanol–water partition coefficient (Wildman–Crippen LogP) is 4.75. The Morgan fingerprint density at radius 1 is 0.909 bits per heavy atom. The predicted molar refractivity (Wildman–Crippen MR) is 125 cm³/mol. The van der Waals surface area contributed by atoms with Crippen molar-refractivity contribution in [2.24, 2.45) is 0 Å². The van der Waals surface area contributed by atoms with Crippen molar-refractivity contribution in [1.29, 1.82) is 0 Å². The molecular formula is C25H23NO6S. The molecule has 0 unspecified atom stereocenters. The Morgan fingerprint density at radius 2 is 1.61 bits per heavy atom. The van der Waals surface area contributed by atoms with Gasteiger partial charge in [-0.2, -0.15) is 0 Å². The minimum atomic E-state index is -4.04. The monoisotopic (exact) mass is 465 g/mol. The van der Waals surface area contributed by atoms with Crippen LogP contribution >= 0.6 is 0 Å². The third kappa shape index (κ3) is 4.05. The summed E-state index contributed by atoms with van der Waals surface area (Å²) >= 11 is 0. The third-order valence-corrected chi connectivity index (χ3v) is 7.04. The standard InChI is InChI=1S/C25H23NO6S/c1-4-32-19-12-9-17(10-13-19)25(27)24-16-26(18-11-14-21(30-2)22(15-18)31-3)20-7-5-6-8-23(20)33(24,28)29/h5-16H,4H2,1-3H3. The summed E-state index contributed by atoms with van der Waals surface area (Å²) in [5.41, 5.74) is 1.31. The molecule has 7 nitrogen and oxygen atoms in total. The first-order chi connectivity index (χ1) is 15.9. The Bertz CT molecular complexity index is 1330. The molecule has 0 aliphatic carbocycles. The van der Waals surface area contributed by atoms with Gasteiger partial charge in [-0.1, -0.05) is 12.1 Å². The number of rotatable bonds is 7. The summed E-state index contributed by atoms with van der Waals surface area (Å²) in [6, 6.07) is 18.2. The first-order valence-electron chi connectivity index (χ1n) is 10.3. The molecule has 0 saturated heterocycles. The Kier molecular flexibility index (Phi) is 6.11. The highest BCUT2D eigenvalue weighted by molar-refractivity contribution is 7.96. The van der Waals surface area contributed by atoms with Crippen LogP contribution in [0, 0.1) is 0 Å². The number of hydrogen-bond acceptors (Lipinski definition) is 7. The molecule has 0 N–H and O–H groups in total. The van der Waals surface area contributed by atoms with Gasteiger partial charge in [0.15, 0.2) is 11.5 Å². The smallest absolute Gasteiger partial charge is 0.214 e. The van der Waals surface area contributed by atoms with E-state index < -0.39 is 15.6 Å². The maximum atomic E-state index is 13.4. The zero-order chi connectivity index (χ0) is 23.6. The zero-order valence-electron chi connectivity index (χ0n) is 18.4. The van der Waals surface area contributed by atoms with Gasteiger partial charge in [-0.25, -0.2) is 8.42 Å². The lowest BCUT2D eigenvalue weighted by molar-refractivity contribution is 0.104. The Labute approximate surface area is 192 Å².